The van der Waals surface area contributed by atoms with Gasteiger partial charge in [0.1, 0.15) is 17.4 Å². The number of aromatic nitrogens is 2. The molecular weight excluding hydrogens is 404 g/mol. The highest BCUT2D eigenvalue weighted by atomic mass is 19.1. The van der Waals surface area contributed by atoms with Crippen LogP contribution in [0.4, 0.5) is 8.78 Å². The maximum atomic E-state index is 13.4. The van der Waals surface area contributed by atoms with E-state index in [0.29, 0.717) is 49.1 Å². The van der Waals surface area contributed by atoms with Crippen LogP contribution in [0.2, 0.25) is 0 Å². The van der Waals surface area contributed by atoms with Gasteiger partial charge in [-0.2, -0.15) is 4.98 Å². The van der Waals surface area contributed by atoms with Crippen molar-refractivity contribution in [2.75, 3.05) is 19.7 Å². The van der Waals surface area contributed by atoms with E-state index in [1.807, 2.05) is 0 Å². The van der Waals surface area contributed by atoms with Crippen LogP contribution in [0.25, 0.3) is 0 Å². The molecule has 1 aromatic heterocycles. The first kappa shape index (κ1) is 21.0. The molecule has 0 saturated carbocycles. The molecule has 6 nitrogen and oxygen atoms in total. The average Bonchev–Trinajstić information content (AvgIpc) is 3.24. The van der Waals surface area contributed by atoms with Crippen molar-refractivity contribution in [2.45, 2.75) is 31.6 Å². The highest BCUT2D eigenvalue weighted by Crippen LogP contribution is 2.26. The summed E-state index contributed by atoms with van der Waals surface area (Å²) in [6.07, 6.45) is 2.32. The van der Waals surface area contributed by atoms with E-state index in [-0.39, 0.29) is 29.9 Å². The van der Waals surface area contributed by atoms with Crippen LogP contribution in [0.15, 0.2) is 53.1 Å². The van der Waals surface area contributed by atoms with Crippen molar-refractivity contribution in [3.63, 3.8) is 0 Å². The van der Waals surface area contributed by atoms with Gasteiger partial charge in [-0.1, -0.05) is 17.3 Å². The lowest BCUT2D eigenvalue weighted by Gasteiger charge is -2.31. The predicted octanol–water partition coefficient (Wildman–Crippen LogP) is 3.92. The first-order valence-electron chi connectivity index (χ1n) is 10.3. The molecule has 1 fully saturated rings. The summed E-state index contributed by atoms with van der Waals surface area (Å²) in [5.74, 6) is 0.896. The predicted molar refractivity (Wildman–Crippen MR) is 109 cm³/mol. The van der Waals surface area contributed by atoms with Crippen LogP contribution in [-0.2, 0) is 17.6 Å². The van der Waals surface area contributed by atoms with Crippen LogP contribution < -0.4 is 4.74 Å². The van der Waals surface area contributed by atoms with Gasteiger partial charge in [0.2, 0.25) is 11.8 Å². The molecule has 8 heteroatoms. The molecule has 1 atom stereocenters. The smallest absolute Gasteiger partial charge is 0.231 e. The molecule has 1 saturated heterocycles. The lowest BCUT2D eigenvalue weighted by molar-refractivity contribution is -0.131. The number of hydrogen-bond donors (Lipinski definition) is 0. The van der Waals surface area contributed by atoms with Gasteiger partial charge >= 0.3 is 0 Å². The van der Waals surface area contributed by atoms with Gasteiger partial charge in [-0.3, -0.25) is 4.79 Å². The van der Waals surface area contributed by atoms with Crippen molar-refractivity contribution in [1.82, 2.24) is 15.0 Å². The third kappa shape index (κ3) is 5.65. The Bertz CT molecular complexity index is 1020. The maximum absolute atomic E-state index is 13.4. The first-order chi connectivity index (χ1) is 15.1. The number of hydrogen-bond acceptors (Lipinski definition) is 5. The highest BCUT2D eigenvalue weighted by Gasteiger charge is 2.28. The minimum Gasteiger partial charge on any atom is -0.493 e. The summed E-state index contributed by atoms with van der Waals surface area (Å²) in [6.45, 7) is 1.51. The zero-order valence-corrected chi connectivity index (χ0v) is 17.0. The summed E-state index contributed by atoms with van der Waals surface area (Å²) in [4.78, 5) is 18.9. The van der Waals surface area contributed by atoms with E-state index >= 15 is 0 Å². The number of benzene rings is 2. The number of carbonyl (C=O) groups excluding carboxylic acids is 1. The SMILES string of the molecule is O=C(Cc1cccc(F)c1)N1CCCC(c2nc(CCOc3ccc(F)cc3)no2)C1. The van der Waals surface area contributed by atoms with Crippen LogP contribution in [-0.4, -0.2) is 40.6 Å². The third-order valence-electron chi connectivity index (χ3n) is 5.26. The molecule has 1 unspecified atom stereocenters. The molecule has 0 spiro atoms. The summed E-state index contributed by atoms with van der Waals surface area (Å²) in [6, 6.07) is 11.9. The fraction of sp³-hybridized carbons (Fsp3) is 0.348. The second kappa shape index (κ2) is 9.68. The van der Waals surface area contributed by atoms with Gasteiger partial charge in [-0.15, -0.1) is 0 Å². The maximum Gasteiger partial charge on any atom is 0.231 e. The Morgan fingerprint density at radius 3 is 2.81 bits per heavy atom. The molecule has 2 aromatic carbocycles. The van der Waals surface area contributed by atoms with Crippen LogP contribution >= 0.6 is 0 Å². The Balaban J connectivity index is 1.29. The lowest BCUT2D eigenvalue weighted by atomic mass is 9.97. The van der Waals surface area contributed by atoms with Crippen LogP contribution in [0.3, 0.4) is 0 Å². The molecule has 1 amide bonds. The van der Waals surface area contributed by atoms with Crippen molar-refractivity contribution >= 4 is 5.91 Å². The second-order valence-corrected chi connectivity index (χ2v) is 7.59. The molecule has 1 aliphatic rings. The minimum atomic E-state index is -0.344. The summed E-state index contributed by atoms with van der Waals surface area (Å²) in [7, 11) is 0. The molecule has 0 N–H and O–H groups in total. The van der Waals surface area contributed by atoms with E-state index in [1.54, 1.807) is 29.2 Å². The molecule has 31 heavy (non-hydrogen) atoms. The van der Waals surface area contributed by atoms with E-state index < -0.39 is 0 Å². The molecule has 0 aliphatic carbocycles. The van der Waals surface area contributed by atoms with Crippen molar-refractivity contribution in [3.8, 4) is 5.75 Å². The molecule has 162 valence electrons. The minimum absolute atomic E-state index is 0.0236. The van der Waals surface area contributed by atoms with Crippen LogP contribution in [0, 0.1) is 11.6 Å². The Morgan fingerprint density at radius 1 is 1.16 bits per heavy atom. The molecule has 0 bridgehead atoms. The standard InChI is InChI=1S/C23H23F2N3O3/c24-18-6-8-20(9-7-18)30-12-10-21-26-23(31-27-21)17-4-2-11-28(15-17)22(29)14-16-3-1-5-19(25)13-16/h1,3,5-9,13,17H,2,4,10-12,14-15H2. The molecule has 1 aliphatic heterocycles. The number of piperidine rings is 1. The number of ether oxygens (including phenoxy) is 1. The topological polar surface area (TPSA) is 68.5 Å². The van der Waals surface area contributed by atoms with E-state index in [0.717, 1.165) is 12.8 Å². The largest absolute Gasteiger partial charge is 0.493 e. The Kier molecular flexibility index (Phi) is 6.54. The summed E-state index contributed by atoms with van der Waals surface area (Å²) < 4.78 is 37.3. The Labute approximate surface area is 178 Å². The molecule has 0 radical (unpaired) electrons. The van der Waals surface area contributed by atoms with Crippen molar-refractivity contribution in [1.29, 1.82) is 0 Å². The van der Waals surface area contributed by atoms with E-state index in [1.165, 1.54) is 24.3 Å². The summed E-state index contributed by atoms with van der Waals surface area (Å²) in [5.41, 5.74) is 0.661. The second-order valence-electron chi connectivity index (χ2n) is 7.59. The average molecular weight is 427 g/mol. The van der Waals surface area contributed by atoms with Crippen LogP contribution in [0.5, 0.6) is 5.75 Å². The normalized spacial score (nSPS) is 16.3. The van der Waals surface area contributed by atoms with E-state index in [2.05, 4.69) is 10.1 Å². The van der Waals surface area contributed by atoms with Gasteiger partial charge in [-0.25, -0.2) is 8.78 Å². The van der Waals surface area contributed by atoms with Crippen LogP contribution in [0.1, 0.15) is 36.0 Å². The number of nitrogens with zero attached hydrogens (tertiary/aromatic N) is 3. The first-order valence-corrected chi connectivity index (χ1v) is 10.3. The Hall–Kier alpha value is -3.29. The van der Waals surface area contributed by atoms with Gasteiger partial charge in [0, 0.05) is 19.5 Å². The quantitative estimate of drug-likeness (QED) is 0.572. The van der Waals surface area contributed by atoms with Gasteiger partial charge < -0.3 is 14.2 Å². The fourth-order valence-corrected chi connectivity index (χ4v) is 3.66. The molecular formula is C23H23F2N3O3. The van der Waals surface area contributed by atoms with E-state index in [9.17, 15) is 13.6 Å². The van der Waals surface area contributed by atoms with Gasteiger partial charge in [0.05, 0.1) is 18.9 Å². The third-order valence-corrected chi connectivity index (χ3v) is 5.26. The molecule has 4 rings (SSSR count). The molecule has 3 aromatic rings. The zero-order chi connectivity index (χ0) is 21.6. The van der Waals surface area contributed by atoms with Gasteiger partial charge in [-0.05, 0) is 54.8 Å². The lowest BCUT2D eigenvalue weighted by Crippen LogP contribution is -2.40. The monoisotopic (exact) mass is 427 g/mol. The van der Waals surface area contributed by atoms with Crippen molar-refractivity contribution in [2.24, 2.45) is 0 Å². The number of halogens is 2. The fourth-order valence-electron chi connectivity index (χ4n) is 3.66. The summed E-state index contributed by atoms with van der Waals surface area (Å²) >= 11 is 0. The zero-order valence-electron chi connectivity index (χ0n) is 17.0. The Morgan fingerprint density at radius 2 is 2.00 bits per heavy atom. The molecule has 2 heterocycles. The summed E-state index contributed by atoms with van der Waals surface area (Å²) in [5, 5.41) is 4.01. The highest BCUT2D eigenvalue weighted by molar-refractivity contribution is 5.79. The number of likely N-dealkylation sites (tertiary alicyclic amines) is 1. The van der Waals surface area contributed by atoms with Crippen molar-refractivity contribution in [3.05, 3.63) is 77.4 Å². The number of rotatable bonds is 7. The van der Waals surface area contributed by atoms with E-state index in [4.69, 9.17) is 9.26 Å². The number of amides is 1. The van der Waals surface area contributed by atoms with Crippen molar-refractivity contribution < 1.29 is 22.8 Å². The van der Waals surface area contributed by atoms with Gasteiger partial charge in [0.15, 0.2) is 5.82 Å². The van der Waals surface area contributed by atoms with Gasteiger partial charge in [0.25, 0.3) is 0 Å². The number of carbonyl (C=O) groups is 1.